The molecule has 0 amide bonds. The summed E-state index contributed by atoms with van der Waals surface area (Å²) in [5, 5.41) is 10.3. The van der Waals surface area contributed by atoms with Crippen LogP contribution >= 0.6 is 0 Å². The van der Waals surface area contributed by atoms with E-state index in [0.29, 0.717) is 0 Å². The highest BCUT2D eigenvalue weighted by molar-refractivity contribution is 5.64. The second-order valence-corrected chi connectivity index (χ2v) is 2.78. The summed E-state index contributed by atoms with van der Waals surface area (Å²) in [4.78, 5) is 9.95. The summed E-state index contributed by atoms with van der Waals surface area (Å²) in [5.41, 5.74) is 2.27. The first-order chi connectivity index (χ1) is 6.15. The zero-order valence-corrected chi connectivity index (χ0v) is 7.65. The minimum atomic E-state index is -0.394. The summed E-state index contributed by atoms with van der Waals surface area (Å²) < 4.78 is 0. The monoisotopic (exact) mass is 177 g/mol. The molecule has 3 nitrogen and oxygen atoms in total. The Labute approximate surface area is 76.9 Å². The maximum absolute atomic E-state index is 10.3. The van der Waals surface area contributed by atoms with Gasteiger partial charge in [-0.3, -0.25) is 10.1 Å². The number of allylic oxidation sites excluding steroid dienone is 2. The summed E-state index contributed by atoms with van der Waals surface area (Å²) in [6.45, 7) is 3.91. The average Bonchev–Trinajstić information content (AvgIpc) is 2.17. The maximum Gasteiger partial charge on any atom is 0.269 e. The normalized spacial score (nSPS) is 11.4. The average molecular weight is 177 g/mol. The zero-order chi connectivity index (χ0) is 9.84. The third-order valence-corrected chi connectivity index (χ3v) is 1.97. The molecule has 0 aliphatic carbocycles. The molecule has 0 aliphatic rings. The van der Waals surface area contributed by atoms with Crippen molar-refractivity contribution in [1.29, 1.82) is 0 Å². The van der Waals surface area contributed by atoms with Crippen LogP contribution in [0.5, 0.6) is 0 Å². The molecule has 1 aromatic carbocycles. The first-order valence-electron chi connectivity index (χ1n) is 4.03. The molecule has 0 atom stereocenters. The van der Waals surface area contributed by atoms with Crippen LogP contribution in [0.3, 0.4) is 0 Å². The number of nitro benzene ring substituents is 1. The first kappa shape index (κ1) is 9.45. The fraction of sp³-hybridized carbons (Fsp3) is 0.200. The van der Waals surface area contributed by atoms with Gasteiger partial charge in [-0.05, 0) is 37.1 Å². The molecule has 3 heteroatoms. The molecule has 0 bridgehead atoms. The number of rotatable bonds is 2. The quantitative estimate of drug-likeness (QED) is 0.514. The Bertz CT molecular complexity index is 338. The summed E-state index contributed by atoms with van der Waals surface area (Å²) in [6, 6.07) is 6.55. The Balaban J connectivity index is 3.00. The van der Waals surface area contributed by atoms with Gasteiger partial charge in [0, 0.05) is 12.1 Å². The fourth-order valence-corrected chi connectivity index (χ4v) is 1.01. The summed E-state index contributed by atoms with van der Waals surface area (Å²) in [6.07, 6.45) is 1.97. The van der Waals surface area contributed by atoms with Crippen LogP contribution in [0.25, 0.3) is 5.57 Å². The van der Waals surface area contributed by atoms with E-state index in [1.165, 1.54) is 12.1 Å². The highest BCUT2D eigenvalue weighted by atomic mass is 16.6. The Hall–Kier alpha value is -1.64. The van der Waals surface area contributed by atoms with E-state index in [-0.39, 0.29) is 5.69 Å². The number of nitro groups is 1. The van der Waals surface area contributed by atoms with Crippen LogP contribution in [0.2, 0.25) is 0 Å². The van der Waals surface area contributed by atoms with E-state index < -0.39 is 4.92 Å². The van der Waals surface area contributed by atoms with E-state index in [2.05, 4.69) is 0 Å². The standard InChI is InChI=1S/C10H11NO2/c1-3-8(2)9-4-6-10(7-5-9)11(12)13/h3-7H,1-2H3. The largest absolute Gasteiger partial charge is 0.269 e. The molecular weight excluding hydrogens is 166 g/mol. The van der Waals surface area contributed by atoms with Crippen molar-refractivity contribution in [2.75, 3.05) is 0 Å². The van der Waals surface area contributed by atoms with Crippen molar-refractivity contribution < 1.29 is 4.92 Å². The summed E-state index contributed by atoms with van der Waals surface area (Å²) in [5.74, 6) is 0. The van der Waals surface area contributed by atoms with Crippen molar-refractivity contribution in [2.24, 2.45) is 0 Å². The summed E-state index contributed by atoms with van der Waals surface area (Å²) >= 11 is 0. The van der Waals surface area contributed by atoms with Gasteiger partial charge < -0.3 is 0 Å². The van der Waals surface area contributed by atoms with E-state index in [1.54, 1.807) is 12.1 Å². The van der Waals surface area contributed by atoms with Gasteiger partial charge in [0.1, 0.15) is 0 Å². The van der Waals surface area contributed by atoms with Gasteiger partial charge in [0.15, 0.2) is 0 Å². The van der Waals surface area contributed by atoms with Gasteiger partial charge in [0.05, 0.1) is 4.92 Å². The highest BCUT2D eigenvalue weighted by Crippen LogP contribution is 2.17. The lowest BCUT2D eigenvalue weighted by atomic mass is 10.1. The maximum atomic E-state index is 10.3. The van der Waals surface area contributed by atoms with Gasteiger partial charge >= 0.3 is 0 Å². The lowest BCUT2D eigenvalue weighted by Crippen LogP contribution is -1.87. The van der Waals surface area contributed by atoms with E-state index in [1.807, 2.05) is 19.9 Å². The second-order valence-electron chi connectivity index (χ2n) is 2.78. The van der Waals surface area contributed by atoms with Crippen molar-refractivity contribution in [3.63, 3.8) is 0 Å². The molecule has 0 unspecified atom stereocenters. The predicted octanol–water partition coefficient (Wildman–Crippen LogP) is 3.02. The molecular formula is C10H11NO2. The van der Waals surface area contributed by atoms with E-state index in [4.69, 9.17) is 0 Å². The molecule has 0 saturated heterocycles. The molecule has 0 radical (unpaired) electrons. The van der Waals surface area contributed by atoms with Crippen LogP contribution in [0, 0.1) is 10.1 Å². The van der Waals surface area contributed by atoms with E-state index in [0.717, 1.165) is 11.1 Å². The molecule has 0 spiro atoms. The molecule has 0 heterocycles. The third-order valence-electron chi connectivity index (χ3n) is 1.97. The van der Waals surface area contributed by atoms with Crippen LogP contribution in [-0.2, 0) is 0 Å². The minimum absolute atomic E-state index is 0.132. The van der Waals surface area contributed by atoms with Gasteiger partial charge in [-0.15, -0.1) is 0 Å². The Morgan fingerprint density at radius 2 is 1.92 bits per heavy atom. The molecule has 0 aliphatic heterocycles. The van der Waals surface area contributed by atoms with Crippen LogP contribution in [-0.4, -0.2) is 4.92 Å². The molecule has 0 saturated carbocycles. The molecule has 68 valence electrons. The van der Waals surface area contributed by atoms with Gasteiger partial charge in [0.2, 0.25) is 0 Å². The van der Waals surface area contributed by atoms with Gasteiger partial charge in [-0.25, -0.2) is 0 Å². The molecule has 0 N–H and O–H groups in total. The van der Waals surface area contributed by atoms with Crippen molar-refractivity contribution >= 4 is 11.3 Å². The predicted molar refractivity (Wildman–Crippen MR) is 52.4 cm³/mol. The first-order valence-corrected chi connectivity index (χ1v) is 4.03. The number of non-ortho nitro benzene ring substituents is 1. The number of benzene rings is 1. The van der Waals surface area contributed by atoms with Gasteiger partial charge in [-0.2, -0.15) is 0 Å². The van der Waals surface area contributed by atoms with Crippen LogP contribution in [0.15, 0.2) is 30.3 Å². The number of hydrogen-bond donors (Lipinski definition) is 0. The lowest BCUT2D eigenvalue weighted by Gasteiger charge is -1.98. The lowest BCUT2D eigenvalue weighted by molar-refractivity contribution is -0.384. The Morgan fingerprint density at radius 3 is 2.31 bits per heavy atom. The second kappa shape index (κ2) is 3.85. The zero-order valence-electron chi connectivity index (χ0n) is 7.65. The molecule has 1 rings (SSSR count). The van der Waals surface area contributed by atoms with Gasteiger partial charge in [0.25, 0.3) is 5.69 Å². The van der Waals surface area contributed by atoms with Crippen LogP contribution in [0.4, 0.5) is 5.69 Å². The fourth-order valence-electron chi connectivity index (χ4n) is 1.01. The number of nitrogens with zero attached hydrogens (tertiary/aromatic N) is 1. The smallest absolute Gasteiger partial charge is 0.258 e. The SMILES string of the molecule is CC=C(C)c1ccc([N+](=O)[O-])cc1. The minimum Gasteiger partial charge on any atom is -0.258 e. The van der Waals surface area contributed by atoms with Crippen molar-refractivity contribution in [2.45, 2.75) is 13.8 Å². The van der Waals surface area contributed by atoms with Crippen LogP contribution in [0.1, 0.15) is 19.4 Å². The van der Waals surface area contributed by atoms with Crippen molar-refractivity contribution in [3.8, 4) is 0 Å². The topological polar surface area (TPSA) is 43.1 Å². The molecule has 0 fully saturated rings. The number of hydrogen-bond acceptors (Lipinski definition) is 2. The summed E-state index contributed by atoms with van der Waals surface area (Å²) in [7, 11) is 0. The Morgan fingerprint density at radius 1 is 1.38 bits per heavy atom. The third kappa shape index (κ3) is 2.15. The molecule has 0 aromatic heterocycles. The van der Waals surface area contributed by atoms with E-state index in [9.17, 15) is 10.1 Å². The van der Waals surface area contributed by atoms with Gasteiger partial charge in [-0.1, -0.05) is 6.08 Å². The Kier molecular flexibility index (Phi) is 2.80. The molecule has 13 heavy (non-hydrogen) atoms. The van der Waals surface area contributed by atoms with Crippen LogP contribution < -0.4 is 0 Å². The van der Waals surface area contributed by atoms with Crippen molar-refractivity contribution in [3.05, 3.63) is 46.0 Å². The van der Waals surface area contributed by atoms with Crippen molar-refractivity contribution in [1.82, 2.24) is 0 Å². The van der Waals surface area contributed by atoms with E-state index >= 15 is 0 Å². The molecule has 1 aromatic rings. The highest BCUT2D eigenvalue weighted by Gasteiger charge is 2.03.